The molecule has 1 fully saturated rings. The van der Waals surface area contributed by atoms with Crippen molar-refractivity contribution in [2.24, 2.45) is 0 Å². The number of hydrogen-bond donors (Lipinski definition) is 0. The van der Waals surface area contributed by atoms with Gasteiger partial charge in [-0.2, -0.15) is 0 Å². The predicted octanol–water partition coefficient (Wildman–Crippen LogP) is 3.80. The molecule has 0 aromatic carbocycles. The summed E-state index contributed by atoms with van der Waals surface area (Å²) in [5.74, 6) is 0.727. The third kappa shape index (κ3) is 3.69. The van der Waals surface area contributed by atoms with Crippen molar-refractivity contribution in [2.75, 3.05) is 6.54 Å². The average molecular weight is 262 g/mol. The summed E-state index contributed by atoms with van der Waals surface area (Å²) in [6.45, 7) is 9.81. The molecule has 1 unspecified atom stereocenters. The minimum atomic E-state index is 0.181. The van der Waals surface area contributed by atoms with E-state index in [0.29, 0.717) is 12.1 Å². The van der Waals surface area contributed by atoms with Crippen molar-refractivity contribution in [3.63, 3.8) is 0 Å². The van der Waals surface area contributed by atoms with Crippen LogP contribution >= 0.6 is 0 Å². The highest BCUT2D eigenvalue weighted by Gasteiger charge is 2.25. The van der Waals surface area contributed by atoms with Crippen LogP contribution in [0.4, 0.5) is 0 Å². The molecule has 19 heavy (non-hydrogen) atoms. The van der Waals surface area contributed by atoms with E-state index in [1.54, 1.807) is 0 Å². The van der Waals surface area contributed by atoms with E-state index in [1.807, 2.05) is 26.1 Å². The molecule has 1 aromatic rings. The number of piperidine rings is 1. The maximum atomic E-state index is 5.61. The summed E-state index contributed by atoms with van der Waals surface area (Å²) in [5, 5.41) is 0. The molecule has 3 heteroatoms. The number of rotatable bonds is 4. The molecule has 0 aliphatic carbocycles. The van der Waals surface area contributed by atoms with Gasteiger partial charge in [0.2, 0.25) is 5.88 Å². The Morgan fingerprint density at radius 1 is 1.21 bits per heavy atom. The molecule has 1 atom stereocenters. The van der Waals surface area contributed by atoms with E-state index < -0.39 is 0 Å². The molecule has 0 bridgehead atoms. The summed E-state index contributed by atoms with van der Waals surface area (Å²) in [6, 6.07) is 5.30. The molecule has 0 spiro atoms. The molecule has 0 saturated carbocycles. The quantitative estimate of drug-likeness (QED) is 0.825. The van der Waals surface area contributed by atoms with E-state index in [0.717, 1.165) is 5.88 Å². The number of hydrogen-bond acceptors (Lipinski definition) is 3. The molecule has 1 aliphatic rings. The Morgan fingerprint density at radius 3 is 2.58 bits per heavy atom. The van der Waals surface area contributed by atoms with Gasteiger partial charge in [0.05, 0.1) is 6.10 Å². The van der Waals surface area contributed by atoms with Gasteiger partial charge < -0.3 is 4.74 Å². The van der Waals surface area contributed by atoms with Crippen molar-refractivity contribution >= 4 is 0 Å². The van der Waals surface area contributed by atoms with Gasteiger partial charge in [0.1, 0.15) is 0 Å². The zero-order chi connectivity index (χ0) is 13.8. The van der Waals surface area contributed by atoms with Gasteiger partial charge in [0.25, 0.3) is 0 Å². The van der Waals surface area contributed by atoms with Crippen LogP contribution in [0.5, 0.6) is 5.88 Å². The number of aromatic nitrogens is 1. The SMILES string of the molecule is CC(C)Oc1ccc(C2CCCCN2C(C)C)cn1. The van der Waals surface area contributed by atoms with Crippen LogP contribution in [0.3, 0.4) is 0 Å². The maximum absolute atomic E-state index is 5.61. The zero-order valence-electron chi connectivity index (χ0n) is 12.6. The maximum Gasteiger partial charge on any atom is 0.213 e. The fraction of sp³-hybridized carbons (Fsp3) is 0.688. The third-order valence-corrected chi connectivity index (χ3v) is 3.71. The molecule has 2 heterocycles. The van der Waals surface area contributed by atoms with E-state index >= 15 is 0 Å². The van der Waals surface area contributed by atoms with Crippen LogP contribution in [0.15, 0.2) is 18.3 Å². The smallest absolute Gasteiger partial charge is 0.213 e. The lowest BCUT2D eigenvalue weighted by Gasteiger charge is -2.38. The molecule has 0 radical (unpaired) electrons. The molecule has 106 valence electrons. The number of likely N-dealkylation sites (tertiary alicyclic amines) is 1. The summed E-state index contributed by atoms with van der Waals surface area (Å²) >= 11 is 0. The Hall–Kier alpha value is -1.09. The fourth-order valence-electron chi connectivity index (χ4n) is 2.83. The van der Waals surface area contributed by atoms with Crippen LogP contribution < -0.4 is 4.74 Å². The highest BCUT2D eigenvalue weighted by molar-refractivity contribution is 5.21. The Morgan fingerprint density at radius 2 is 2.00 bits per heavy atom. The minimum absolute atomic E-state index is 0.181. The summed E-state index contributed by atoms with van der Waals surface area (Å²) in [4.78, 5) is 7.03. The van der Waals surface area contributed by atoms with Gasteiger partial charge >= 0.3 is 0 Å². The number of ether oxygens (including phenoxy) is 1. The fourth-order valence-corrected chi connectivity index (χ4v) is 2.83. The lowest BCUT2D eigenvalue weighted by molar-refractivity contribution is 0.111. The first-order valence-electron chi connectivity index (χ1n) is 7.46. The molecular formula is C16H26N2O. The van der Waals surface area contributed by atoms with Crippen molar-refractivity contribution in [1.82, 2.24) is 9.88 Å². The summed E-state index contributed by atoms with van der Waals surface area (Å²) < 4.78 is 5.61. The van der Waals surface area contributed by atoms with Crippen LogP contribution in [-0.4, -0.2) is 28.6 Å². The first-order valence-corrected chi connectivity index (χ1v) is 7.46. The van der Waals surface area contributed by atoms with Gasteiger partial charge in [-0.15, -0.1) is 0 Å². The van der Waals surface area contributed by atoms with Crippen LogP contribution in [0.2, 0.25) is 0 Å². The first-order chi connectivity index (χ1) is 9.08. The van der Waals surface area contributed by atoms with Crippen molar-refractivity contribution in [3.05, 3.63) is 23.9 Å². The third-order valence-electron chi connectivity index (χ3n) is 3.71. The Labute approximate surface area is 117 Å². The van der Waals surface area contributed by atoms with Gasteiger partial charge in [-0.3, -0.25) is 4.90 Å². The first kappa shape index (κ1) is 14.3. The monoisotopic (exact) mass is 262 g/mol. The standard InChI is InChI=1S/C16H26N2O/c1-12(2)18-10-6-5-7-15(18)14-8-9-16(17-11-14)19-13(3)4/h8-9,11-13,15H,5-7,10H2,1-4H3. The second-order valence-electron chi connectivity index (χ2n) is 5.94. The molecule has 1 aromatic heterocycles. The normalized spacial score (nSPS) is 21.1. The highest BCUT2D eigenvalue weighted by Crippen LogP contribution is 2.32. The van der Waals surface area contributed by atoms with E-state index in [9.17, 15) is 0 Å². The van der Waals surface area contributed by atoms with Crippen LogP contribution in [0, 0.1) is 0 Å². The molecule has 0 N–H and O–H groups in total. The summed E-state index contributed by atoms with van der Waals surface area (Å²) in [6.07, 6.45) is 6.04. The topological polar surface area (TPSA) is 25.4 Å². The number of pyridine rings is 1. The van der Waals surface area contributed by atoms with E-state index in [1.165, 1.54) is 31.4 Å². The van der Waals surface area contributed by atoms with Crippen LogP contribution in [0.1, 0.15) is 58.6 Å². The molecular weight excluding hydrogens is 236 g/mol. The van der Waals surface area contributed by atoms with E-state index in [-0.39, 0.29) is 6.10 Å². The van der Waals surface area contributed by atoms with Gasteiger partial charge in [-0.05, 0) is 52.6 Å². The molecule has 1 aliphatic heterocycles. The lowest BCUT2D eigenvalue weighted by Crippen LogP contribution is -2.38. The van der Waals surface area contributed by atoms with Crippen molar-refractivity contribution < 1.29 is 4.74 Å². The van der Waals surface area contributed by atoms with Gasteiger partial charge in [0, 0.05) is 24.3 Å². The Bertz CT molecular complexity index is 386. The van der Waals surface area contributed by atoms with E-state index in [2.05, 4.69) is 29.8 Å². The van der Waals surface area contributed by atoms with Crippen molar-refractivity contribution in [2.45, 2.75) is 65.1 Å². The second-order valence-corrected chi connectivity index (χ2v) is 5.94. The Balaban J connectivity index is 2.11. The molecule has 3 nitrogen and oxygen atoms in total. The minimum Gasteiger partial charge on any atom is -0.475 e. The summed E-state index contributed by atoms with van der Waals surface area (Å²) in [5.41, 5.74) is 1.32. The van der Waals surface area contributed by atoms with Gasteiger partial charge in [-0.25, -0.2) is 4.98 Å². The largest absolute Gasteiger partial charge is 0.475 e. The molecule has 2 rings (SSSR count). The Kier molecular flexibility index (Phi) is 4.81. The van der Waals surface area contributed by atoms with Gasteiger partial charge in [0.15, 0.2) is 0 Å². The zero-order valence-corrected chi connectivity index (χ0v) is 12.6. The number of nitrogens with zero attached hydrogens (tertiary/aromatic N) is 2. The average Bonchev–Trinajstić information content (AvgIpc) is 2.39. The van der Waals surface area contributed by atoms with Crippen molar-refractivity contribution in [3.8, 4) is 5.88 Å². The molecule has 0 amide bonds. The molecule has 1 saturated heterocycles. The van der Waals surface area contributed by atoms with Crippen LogP contribution in [-0.2, 0) is 0 Å². The predicted molar refractivity (Wildman–Crippen MR) is 78.4 cm³/mol. The van der Waals surface area contributed by atoms with Gasteiger partial charge in [-0.1, -0.05) is 12.5 Å². The second kappa shape index (κ2) is 6.38. The van der Waals surface area contributed by atoms with Crippen LogP contribution in [0.25, 0.3) is 0 Å². The van der Waals surface area contributed by atoms with E-state index in [4.69, 9.17) is 4.74 Å². The lowest BCUT2D eigenvalue weighted by atomic mass is 9.95. The summed E-state index contributed by atoms with van der Waals surface area (Å²) in [7, 11) is 0. The highest BCUT2D eigenvalue weighted by atomic mass is 16.5. The van der Waals surface area contributed by atoms with Crippen molar-refractivity contribution in [1.29, 1.82) is 0 Å².